The highest BCUT2D eigenvalue weighted by molar-refractivity contribution is 7.99. The zero-order valence-corrected chi connectivity index (χ0v) is 27.1. The molecule has 0 aliphatic carbocycles. The monoisotopic (exact) mass is 652 g/mol. The summed E-state index contributed by atoms with van der Waals surface area (Å²) in [6, 6.07) is 55.5. The fourth-order valence-electron chi connectivity index (χ4n) is 5.40. The van der Waals surface area contributed by atoms with Crippen LogP contribution in [0.2, 0.25) is 0 Å². The lowest BCUT2D eigenvalue weighted by Crippen LogP contribution is -2.10. The number of rotatable bonds is 7. The molecule has 0 radical (unpaired) electrons. The maximum atomic E-state index is 13.3. The van der Waals surface area contributed by atoms with E-state index in [1.807, 2.05) is 97.1 Å². The van der Waals surface area contributed by atoms with Crippen molar-refractivity contribution in [1.82, 2.24) is 0 Å². The van der Waals surface area contributed by atoms with Crippen LogP contribution in [0, 0.1) is 0 Å². The van der Waals surface area contributed by atoms with E-state index in [9.17, 15) is 8.42 Å². The third kappa shape index (κ3) is 6.60. The predicted molar refractivity (Wildman–Crippen MR) is 192 cm³/mol. The molecule has 0 unspecified atom stereocenters. The van der Waals surface area contributed by atoms with Crippen molar-refractivity contribution in [3.8, 4) is 5.75 Å². The van der Waals surface area contributed by atoms with Crippen molar-refractivity contribution in [2.75, 3.05) is 0 Å². The van der Waals surface area contributed by atoms with E-state index in [2.05, 4.69) is 54.6 Å². The molecule has 0 fully saturated rings. The zero-order valence-electron chi connectivity index (χ0n) is 24.6. The van der Waals surface area contributed by atoms with E-state index in [1.165, 1.54) is 9.79 Å². The first kappa shape index (κ1) is 29.9. The van der Waals surface area contributed by atoms with Crippen LogP contribution in [0.1, 0.15) is 0 Å². The summed E-state index contributed by atoms with van der Waals surface area (Å²) in [5, 5.41) is 5.89. The smallest absolute Gasteiger partial charge is 0.339 e. The minimum absolute atomic E-state index is 0.177. The number of hydrogen-bond acceptors (Lipinski definition) is 5. The van der Waals surface area contributed by atoms with Crippen LogP contribution in [0.15, 0.2) is 194 Å². The maximum Gasteiger partial charge on any atom is 0.339 e. The molecule has 8 rings (SSSR count). The molecule has 46 heavy (non-hydrogen) atoms. The van der Waals surface area contributed by atoms with Gasteiger partial charge in [-0.3, -0.25) is 0 Å². The van der Waals surface area contributed by atoms with Gasteiger partial charge in [0.2, 0.25) is 0 Å². The van der Waals surface area contributed by atoms with Crippen LogP contribution in [-0.4, -0.2) is 8.42 Å². The lowest BCUT2D eigenvalue weighted by atomic mass is 9.94. The van der Waals surface area contributed by atoms with Crippen LogP contribution in [0.25, 0.3) is 32.3 Å². The fourth-order valence-corrected chi connectivity index (χ4v) is 8.22. The zero-order chi connectivity index (χ0) is 31.3. The third-order valence-electron chi connectivity index (χ3n) is 7.49. The van der Waals surface area contributed by atoms with Gasteiger partial charge in [0.05, 0.1) is 0 Å². The molecule has 0 bridgehead atoms. The van der Waals surface area contributed by atoms with Crippen molar-refractivity contribution >= 4 is 66.0 Å². The number of benzene rings is 8. The third-order valence-corrected chi connectivity index (χ3v) is 10.8. The molecule has 0 spiro atoms. The Morgan fingerprint density at radius 2 is 0.826 bits per heavy atom. The molecule has 0 N–H and O–H groups in total. The molecule has 0 aliphatic rings. The Morgan fingerprint density at radius 3 is 1.35 bits per heavy atom. The highest BCUT2D eigenvalue weighted by Crippen LogP contribution is 2.38. The van der Waals surface area contributed by atoms with Gasteiger partial charge in [-0.25, -0.2) is 0 Å². The molecule has 8 aromatic carbocycles. The number of hydrogen-bond donors (Lipinski definition) is 0. The van der Waals surface area contributed by atoms with Gasteiger partial charge in [0, 0.05) is 25.0 Å². The molecule has 8 aromatic rings. The van der Waals surface area contributed by atoms with Gasteiger partial charge in [-0.2, -0.15) is 8.42 Å². The van der Waals surface area contributed by atoms with E-state index < -0.39 is 10.1 Å². The first-order valence-corrected chi connectivity index (χ1v) is 17.8. The van der Waals surface area contributed by atoms with Crippen molar-refractivity contribution in [3.05, 3.63) is 170 Å². The van der Waals surface area contributed by atoms with Crippen molar-refractivity contribution in [2.45, 2.75) is 24.5 Å². The summed E-state index contributed by atoms with van der Waals surface area (Å²) in [7, 11) is -4.02. The van der Waals surface area contributed by atoms with E-state index in [0.29, 0.717) is 5.39 Å². The summed E-state index contributed by atoms with van der Waals surface area (Å²) in [5.74, 6) is 0.290. The van der Waals surface area contributed by atoms with Gasteiger partial charge < -0.3 is 4.18 Å². The van der Waals surface area contributed by atoms with E-state index in [-0.39, 0.29) is 10.6 Å². The Hall–Kier alpha value is -4.75. The maximum absolute atomic E-state index is 13.3. The summed E-state index contributed by atoms with van der Waals surface area (Å²) in [5.41, 5.74) is 0. The molecule has 0 atom stereocenters. The SMILES string of the molecule is O=S(=O)(Oc1ccc(Sc2ccccc2)cc1)c1ccc2ccc3cccc4ccc1c2c34.c1ccc(Sc2ccccc2)cc1. The van der Waals surface area contributed by atoms with Crippen LogP contribution in [0.5, 0.6) is 5.75 Å². The van der Waals surface area contributed by atoms with E-state index in [1.54, 1.807) is 41.7 Å². The minimum atomic E-state index is -4.02. The summed E-state index contributed by atoms with van der Waals surface area (Å²) in [6.45, 7) is 0. The summed E-state index contributed by atoms with van der Waals surface area (Å²) in [4.78, 5) is 4.87. The molecule has 0 aromatic heterocycles. The fraction of sp³-hybridized carbons (Fsp3) is 0. The Bertz CT molecular complexity index is 2270. The molecule has 0 saturated heterocycles. The van der Waals surface area contributed by atoms with Gasteiger partial charge >= 0.3 is 10.1 Å². The normalized spacial score (nSPS) is 11.4. The second kappa shape index (κ2) is 13.3. The molecule has 224 valence electrons. The average molecular weight is 653 g/mol. The van der Waals surface area contributed by atoms with Gasteiger partial charge in [-0.15, -0.1) is 0 Å². The summed E-state index contributed by atoms with van der Waals surface area (Å²) >= 11 is 3.40. The van der Waals surface area contributed by atoms with Gasteiger partial charge in [0.25, 0.3) is 0 Å². The lowest BCUT2D eigenvalue weighted by Gasteiger charge is -2.14. The molecule has 0 aliphatic heterocycles. The quantitative estimate of drug-likeness (QED) is 0.127. The Morgan fingerprint density at radius 1 is 0.391 bits per heavy atom. The van der Waals surface area contributed by atoms with Crippen LogP contribution >= 0.6 is 23.5 Å². The van der Waals surface area contributed by atoms with Gasteiger partial charge in [0.1, 0.15) is 10.6 Å². The predicted octanol–water partition coefficient (Wildman–Crippen LogP) is 11.3. The minimum Gasteiger partial charge on any atom is -0.379 e. The van der Waals surface area contributed by atoms with Crippen LogP contribution in [-0.2, 0) is 10.1 Å². The van der Waals surface area contributed by atoms with E-state index in [0.717, 1.165) is 36.7 Å². The Kier molecular flexibility index (Phi) is 8.66. The first-order chi connectivity index (χ1) is 22.5. The standard InChI is InChI=1S/C28H18O3S2.C12H10S/c29-33(30,31-22-13-15-24(16-14-22)32-23-7-2-1-3-8-23)26-18-12-21-10-9-19-5-4-6-20-11-17-25(26)28(21)27(19)20;1-3-7-11(8-4-1)13-12-9-5-2-6-10-12/h1-18H;1-10H. The Labute approximate surface area is 277 Å². The first-order valence-electron chi connectivity index (χ1n) is 14.8. The highest BCUT2D eigenvalue weighted by Gasteiger charge is 2.22. The average Bonchev–Trinajstić information content (AvgIpc) is 3.09. The molecular formula is C40H28O3S3. The molecule has 3 nitrogen and oxygen atoms in total. The largest absolute Gasteiger partial charge is 0.379 e. The van der Waals surface area contributed by atoms with Crippen LogP contribution in [0.3, 0.4) is 0 Å². The van der Waals surface area contributed by atoms with Crippen LogP contribution < -0.4 is 4.18 Å². The van der Waals surface area contributed by atoms with Crippen molar-refractivity contribution in [3.63, 3.8) is 0 Å². The van der Waals surface area contributed by atoms with Crippen molar-refractivity contribution < 1.29 is 12.6 Å². The van der Waals surface area contributed by atoms with Crippen molar-refractivity contribution in [1.29, 1.82) is 0 Å². The molecular weight excluding hydrogens is 625 g/mol. The topological polar surface area (TPSA) is 43.4 Å². The van der Waals surface area contributed by atoms with E-state index in [4.69, 9.17) is 4.18 Å². The Balaban J connectivity index is 0.000000218. The van der Waals surface area contributed by atoms with Gasteiger partial charge in [-0.1, -0.05) is 127 Å². The van der Waals surface area contributed by atoms with Crippen LogP contribution in [0.4, 0.5) is 0 Å². The highest BCUT2D eigenvalue weighted by atomic mass is 32.2. The molecule has 0 heterocycles. The molecule has 6 heteroatoms. The van der Waals surface area contributed by atoms with Gasteiger partial charge in [-0.05, 0) is 93.7 Å². The molecule has 0 saturated carbocycles. The second-order valence-electron chi connectivity index (χ2n) is 10.6. The summed E-state index contributed by atoms with van der Waals surface area (Å²) < 4.78 is 32.1. The lowest BCUT2D eigenvalue weighted by molar-refractivity contribution is 0.487. The second-order valence-corrected chi connectivity index (χ2v) is 14.4. The van der Waals surface area contributed by atoms with Crippen molar-refractivity contribution in [2.24, 2.45) is 0 Å². The summed E-state index contributed by atoms with van der Waals surface area (Å²) in [6.07, 6.45) is 0. The van der Waals surface area contributed by atoms with E-state index >= 15 is 0 Å². The molecule has 0 amide bonds. The van der Waals surface area contributed by atoms with Gasteiger partial charge in [0.15, 0.2) is 0 Å².